The number of para-hydroxylation sites is 1. The molecule has 4 heteroatoms. The second kappa shape index (κ2) is 7.14. The summed E-state index contributed by atoms with van der Waals surface area (Å²) in [5, 5.41) is 3.61. The number of hydrogen-bond donors (Lipinski definition) is 1. The molecule has 0 aliphatic carbocycles. The monoisotopic (exact) mass is 303 g/mol. The van der Waals surface area contributed by atoms with Crippen molar-refractivity contribution in [2.45, 2.75) is 19.4 Å². The van der Waals surface area contributed by atoms with Gasteiger partial charge in [0.15, 0.2) is 0 Å². The number of carbonyl (C=O) groups excluding carboxylic acids is 1. The molecule has 0 spiro atoms. The number of methoxy groups -OCH3 is 1. The van der Waals surface area contributed by atoms with Crippen LogP contribution in [-0.2, 0) is 11.2 Å². The highest BCUT2D eigenvalue weighted by atomic mass is 35.5. The summed E-state index contributed by atoms with van der Waals surface area (Å²) in [7, 11) is 1.62. The number of nitrogens with one attached hydrogen (secondary N) is 1. The third-order valence-corrected chi connectivity index (χ3v) is 3.47. The Morgan fingerprint density at radius 2 is 2.00 bits per heavy atom. The molecule has 0 radical (unpaired) electrons. The van der Waals surface area contributed by atoms with Gasteiger partial charge in [0.2, 0.25) is 5.91 Å². The Balaban J connectivity index is 2.02. The molecule has 0 aliphatic rings. The number of hydrogen-bond acceptors (Lipinski definition) is 2. The van der Waals surface area contributed by atoms with Crippen molar-refractivity contribution < 1.29 is 9.53 Å². The molecule has 3 nitrogen and oxygen atoms in total. The van der Waals surface area contributed by atoms with E-state index in [1.165, 1.54) is 0 Å². The Labute approximate surface area is 129 Å². The number of rotatable bonds is 5. The lowest BCUT2D eigenvalue weighted by Gasteiger charge is -2.17. The predicted octanol–water partition coefficient (Wildman–Crippen LogP) is 3.77. The molecule has 21 heavy (non-hydrogen) atoms. The second-order valence-corrected chi connectivity index (χ2v) is 5.27. The van der Waals surface area contributed by atoms with E-state index < -0.39 is 0 Å². The fraction of sp³-hybridized carbons (Fsp3) is 0.235. The van der Waals surface area contributed by atoms with E-state index in [9.17, 15) is 4.79 Å². The zero-order chi connectivity index (χ0) is 15.2. The van der Waals surface area contributed by atoms with Gasteiger partial charge in [0, 0.05) is 10.6 Å². The van der Waals surface area contributed by atoms with E-state index in [4.69, 9.17) is 16.3 Å². The highest BCUT2D eigenvalue weighted by Gasteiger charge is 2.13. The van der Waals surface area contributed by atoms with Crippen LogP contribution < -0.4 is 10.1 Å². The van der Waals surface area contributed by atoms with Crippen molar-refractivity contribution in [3.63, 3.8) is 0 Å². The van der Waals surface area contributed by atoms with E-state index in [1.807, 2.05) is 43.3 Å². The van der Waals surface area contributed by atoms with Gasteiger partial charge in [0.25, 0.3) is 0 Å². The summed E-state index contributed by atoms with van der Waals surface area (Å²) >= 11 is 5.92. The molecule has 0 saturated carbocycles. The molecule has 0 bridgehead atoms. The smallest absolute Gasteiger partial charge is 0.224 e. The van der Waals surface area contributed by atoms with Crippen LogP contribution in [0, 0.1) is 0 Å². The first-order chi connectivity index (χ1) is 10.1. The van der Waals surface area contributed by atoms with E-state index in [0.29, 0.717) is 11.4 Å². The summed E-state index contributed by atoms with van der Waals surface area (Å²) in [6, 6.07) is 14.9. The lowest BCUT2D eigenvalue weighted by Crippen LogP contribution is -2.28. The van der Waals surface area contributed by atoms with E-state index >= 15 is 0 Å². The second-order valence-electron chi connectivity index (χ2n) is 4.84. The van der Waals surface area contributed by atoms with Crippen LogP contribution in [-0.4, -0.2) is 13.0 Å². The van der Waals surface area contributed by atoms with Gasteiger partial charge < -0.3 is 10.1 Å². The summed E-state index contributed by atoms with van der Waals surface area (Å²) in [4.78, 5) is 12.1. The minimum atomic E-state index is -0.118. The molecule has 1 amide bonds. The predicted molar refractivity (Wildman–Crippen MR) is 84.7 cm³/mol. The molecule has 2 aromatic carbocycles. The molecular weight excluding hydrogens is 286 g/mol. The van der Waals surface area contributed by atoms with Gasteiger partial charge in [0.05, 0.1) is 19.6 Å². The van der Waals surface area contributed by atoms with Gasteiger partial charge in [-0.3, -0.25) is 4.79 Å². The van der Waals surface area contributed by atoms with E-state index in [-0.39, 0.29) is 11.9 Å². The largest absolute Gasteiger partial charge is 0.496 e. The summed E-state index contributed by atoms with van der Waals surface area (Å²) in [5.74, 6) is 0.726. The number of halogens is 1. The van der Waals surface area contributed by atoms with Gasteiger partial charge in [-0.2, -0.15) is 0 Å². The van der Waals surface area contributed by atoms with Crippen molar-refractivity contribution in [2.24, 2.45) is 0 Å². The zero-order valence-electron chi connectivity index (χ0n) is 12.1. The Kier molecular flexibility index (Phi) is 5.23. The fourth-order valence-corrected chi connectivity index (χ4v) is 2.44. The number of amides is 1. The first-order valence-corrected chi connectivity index (χ1v) is 7.14. The molecular formula is C17H18ClNO2. The number of benzene rings is 2. The molecule has 0 aromatic heterocycles. The summed E-state index contributed by atoms with van der Waals surface area (Å²) in [6.07, 6.45) is 0.306. The third-order valence-electron chi connectivity index (χ3n) is 3.24. The van der Waals surface area contributed by atoms with Crippen LogP contribution in [0.4, 0.5) is 0 Å². The standard InChI is InChI=1S/C17H18ClNO2/c1-12(15-8-3-4-9-16(15)21-2)19-17(20)11-13-6-5-7-14(18)10-13/h3-10,12H,11H2,1-2H3,(H,19,20). The minimum Gasteiger partial charge on any atom is -0.496 e. The molecule has 1 atom stereocenters. The van der Waals surface area contributed by atoms with Crippen molar-refractivity contribution in [3.8, 4) is 5.75 Å². The molecule has 1 unspecified atom stereocenters. The van der Waals surface area contributed by atoms with Gasteiger partial charge in [-0.05, 0) is 30.7 Å². The summed E-state index contributed by atoms with van der Waals surface area (Å²) in [6.45, 7) is 1.94. The van der Waals surface area contributed by atoms with Crippen molar-refractivity contribution in [1.29, 1.82) is 0 Å². The van der Waals surface area contributed by atoms with Crippen molar-refractivity contribution in [3.05, 3.63) is 64.7 Å². The average Bonchev–Trinajstić information content (AvgIpc) is 2.47. The van der Waals surface area contributed by atoms with Gasteiger partial charge in [-0.15, -0.1) is 0 Å². The molecule has 110 valence electrons. The molecule has 0 fully saturated rings. The molecule has 0 aliphatic heterocycles. The van der Waals surface area contributed by atoms with Crippen LogP contribution in [0.5, 0.6) is 5.75 Å². The first kappa shape index (κ1) is 15.4. The van der Waals surface area contributed by atoms with Gasteiger partial charge >= 0.3 is 0 Å². The van der Waals surface area contributed by atoms with Crippen molar-refractivity contribution in [2.75, 3.05) is 7.11 Å². The van der Waals surface area contributed by atoms with E-state index in [1.54, 1.807) is 19.2 Å². The lowest BCUT2D eigenvalue weighted by atomic mass is 10.1. The van der Waals surface area contributed by atoms with Gasteiger partial charge in [0.1, 0.15) is 5.75 Å². The maximum absolute atomic E-state index is 12.1. The average molecular weight is 304 g/mol. The summed E-state index contributed by atoms with van der Waals surface area (Å²) in [5.41, 5.74) is 1.85. The van der Waals surface area contributed by atoms with E-state index in [0.717, 1.165) is 16.9 Å². The van der Waals surface area contributed by atoms with Crippen LogP contribution in [0.1, 0.15) is 24.1 Å². The van der Waals surface area contributed by atoms with Crippen molar-refractivity contribution >= 4 is 17.5 Å². The van der Waals surface area contributed by atoms with Gasteiger partial charge in [-0.25, -0.2) is 0 Å². The Bertz CT molecular complexity index is 628. The first-order valence-electron chi connectivity index (χ1n) is 6.77. The molecule has 2 rings (SSSR count). The maximum atomic E-state index is 12.1. The number of ether oxygens (including phenoxy) is 1. The third kappa shape index (κ3) is 4.23. The van der Waals surface area contributed by atoms with Crippen LogP contribution >= 0.6 is 11.6 Å². The van der Waals surface area contributed by atoms with Crippen LogP contribution in [0.25, 0.3) is 0 Å². The quantitative estimate of drug-likeness (QED) is 0.913. The zero-order valence-corrected chi connectivity index (χ0v) is 12.9. The molecule has 0 saturated heterocycles. The highest BCUT2D eigenvalue weighted by Crippen LogP contribution is 2.24. The molecule has 1 N–H and O–H groups in total. The number of carbonyl (C=O) groups is 1. The lowest BCUT2D eigenvalue weighted by molar-refractivity contribution is -0.121. The van der Waals surface area contributed by atoms with Gasteiger partial charge in [-0.1, -0.05) is 41.9 Å². The van der Waals surface area contributed by atoms with Crippen molar-refractivity contribution in [1.82, 2.24) is 5.32 Å². The fourth-order valence-electron chi connectivity index (χ4n) is 2.23. The van der Waals surface area contributed by atoms with Crippen LogP contribution in [0.2, 0.25) is 5.02 Å². The Morgan fingerprint density at radius 3 is 2.71 bits per heavy atom. The normalized spacial score (nSPS) is 11.8. The van der Waals surface area contributed by atoms with Crippen LogP contribution in [0.3, 0.4) is 0 Å². The Morgan fingerprint density at radius 1 is 1.24 bits per heavy atom. The summed E-state index contributed by atoms with van der Waals surface area (Å²) < 4.78 is 5.31. The highest BCUT2D eigenvalue weighted by molar-refractivity contribution is 6.30. The van der Waals surface area contributed by atoms with E-state index in [2.05, 4.69) is 5.32 Å². The topological polar surface area (TPSA) is 38.3 Å². The maximum Gasteiger partial charge on any atom is 0.224 e. The SMILES string of the molecule is COc1ccccc1C(C)NC(=O)Cc1cccc(Cl)c1. The Hall–Kier alpha value is -2.00. The van der Waals surface area contributed by atoms with Crippen LogP contribution in [0.15, 0.2) is 48.5 Å². The molecule has 0 heterocycles. The minimum absolute atomic E-state index is 0.0457. The molecule has 2 aromatic rings.